The summed E-state index contributed by atoms with van der Waals surface area (Å²) >= 11 is 6.32. The summed E-state index contributed by atoms with van der Waals surface area (Å²) in [6.45, 7) is 3.40. The molecule has 9 heteroatoms. The standard InChI is InChI=1S/C23H18ClFN6O/c1-12-5-3-8-17(20(12)25)31-18(9-14-6-4-7-16(24)19(14)22(31)32)13(2)29-21-15(10-26)11-28-23(27)30-21/h3-9,11,13H,1-2H3,(H3,27,28,29,30). The molecule has 0 amide bonds. The SMILES string of the molecule is Cc1cccc(-n2c(C(C)Nc3nc(N)ncc3C#N)cc3cccc(Cl)c3c2=O)c1F. The van der Waals surface area contributed by atoms with Gasteiger partial charge in [0, 0.05) is 5.69 Å². The van der Waals surface area contributed by atoms with Crippen molar-refractivity contribution in [2.75, 3.05) is 11.1 Å². The molecular weight excluding hydrogens is 431 g/mol. The maximum atomic E-state index is 15.1. The number of nitriles is 1. The highest BCUT2D eigenvalue weighted by molar-refractivity contribution is 6.35. The van der Waals surface area contributed by atoms with E-state index in [9.17, 15) is 10.1 Å². The van der Waals surface area contributed by atoms with Crippen LogP contribution < -0.4 is 16.6 Å². The van der Waals surface area contributed by atoms with Crippen LogP contribution in [0.15, 0.2) is 53.5 Å². The van der Waals surface area contributed by atoms with Crippen LogP contribution >= 0.6 is 11.6 Å². The number of rotatable bonds is 4. The molecule has 4 aromatic rings. The van der Waals surface area contributed by atoms with E-state index in [2.05, 4.69) is 15.3 Å². The molecule has 32 heavy (non-hydrogen) atoms. The fourth-order valence-corrected chi connectivity index (χ4v) is 3.84. The van der Waals surface area contributed by atoms with Crippen molar-refractivity contribution >= 4 is 34.1 Å². The van der Waals surface area contributed by atoms with Crippen LogP contribution in [-0.2, 0) is 0 Å². The van der Waals surface area contributed by atoms with Crippen molar-refractivity contribution in [1.29, 1.82) is 5.26 Å². The molecule has 0 aliphatic heterocycles. The van der Waals surface area contributed by atoms with Crippen LogP contribution in [0, 0.1) is 24.1 Å². The third-order valence-electron chi connectivity index (χ3n) is 5.16. The summed E-state index contributed by atoms with van der Waals surface area (Å²) in [5.41, 5.74) is 6.36. The second-order valence-corrected chi connectivity index (χ2v) is 7.70. The van der Waals surface area contributed by atoms with E-state index in [-0.39, 0.29) is 33.4 Å². The highest BCUT2D eigenvalue weighted by Gasteiger charge is 2.21. The van der Waals surface area contributed by atoms with Crippen LogP contribution in [0.3, 0.4) is 0 Å². The number of nitrogens with one attached hydrogen (secondary N) is 1. The average molecular weight is 449 g/mol. The fourth-order valence-electron chi connectivity index (χ4n) is 3.58. The largest absolute Gasteiger partial charge is 0.368 e. The van der Waals surface area contributed by atoms with Crippen molar-refractivity contribution in [3.63, 3.8) is 0 Å². The summed E-state index contributed by atoms with van der Waals surface area (Å²) in [6.07, 6.45) is 1.31. The van der Waals surface area contributed by atoms with Gasteiger partial charge in [-0.25, -0.2) is 9.37 Å². The first-order chi connectivity index (χ1) is 15.3. The maximum Gasteiger partial charge on any atom is 0.264 e. The van der Waals surface area contributed by atoms with Crippen molar-refractivity contribution in [2.24, 2.45) is 0 Å². The van der Waals surface area contributed by atoms with Gasteiger partial charge in [0.1, 0.15) is 23.3 Å². The zero-order valence-electron chi connectivity index (χ0n) is 17.2. The Morgan fingerprint density at radius 2 is 2.03 bits per heavy atom. The zero-order chi connectivity index (χ0) is 23.0. The van der Waals surface area contributed by atoms with Crippen LogP contribution in [0.25, 0.3) is 16.5 Å². The number of nitrogens with two attached hydrogens (primary N) is 1. The molecule has 0 saturated heterocycles. The van der Waals surface area contributed by atoms with Gasteiger partial charge >= 0.3 is 0 Å². The number of halogens is 2. The van der Waals surface area contributed by atoms with E-state index in [0.717, 1.165) is 0 Å². The molecule has 2 aromatic heterocycles. The average Bonchev–Trinajstić information content (AvgIpc) is 2.76. The summed E-state index contributed by atoms with van der Waals surface area (Å²) in [7, 11) is 0. The highest BCUT2D eigenvalue weighted by atomic mass is 35.5. The lowest BCUT2D eigenvalue weighted by Crippen LogP contribution is -2.27. The number of fused-ring (bicyclic) bond motifs is 1. The van der Waals surface area contributed by atoms with Crippen molar-refractivity contribution in [3.8, 4) is 11.8 Å². The van der Waals surface area contributed by atoms with Crippen molar-refractivity contribution < 1.29 is 4.39 Å². The van der Waals surface area contributed by atoms with Crippen LogP contribution in [0.4, 0.5) is 16.2 Å². The third-order valence-corrected chi connectivity index (χ3v) is 5.48. The molecule has 1 atom stereocenters. The van der Waals surface area contributed by atoms with Crippen LogP contribution in [-0.4, -0.2) is 14.5 Å². The smallest absolute Gasteiger partial charge is 0.264 e. The molecule has 0 aliphatic rings. The second-order valence-electron chi connectivity index (χ2n) is 7.29. The molecule has 2 heterocycles. The Morgan fingerprint density at radius 3 is 2.78 bits per heavy atom. The minimum atomic E-state index is -0.563. The van der Waals surface area contributed by atoms with Crippen molar-refractivity contribution in [2.45, 2.75) is 19.9 Å². The van der Waals surface area contributed by atoms with Gasteiger partial charge < -0.3 is 11.1 Å². The predicted octanol–water partition coefficient (Wildman–Crippen LogP) is 4.51. The number of anilines is 2. The number of nitrogen functional groups attached to an aromatic ring is 1. The first-order valence-electron chi connectivity index (χ1n) is 9.70. The lowest BCUT2D eigenvalue weighted by molar-refractivity contribution is 0.602. The Morgan fingerprint density at radius 1 is 1.28 bits per heavy atom. The number of pyridine rings is 1. The van der Waals surface area contributed by atoms with Gasteiger partial charge in [-0.1, -0.05) is 35.9 Å². The van der Waals surface area contributed by atoms with Gasteiger partial charge in [0.25, 0.3) is 5.56 Å². The summed E-state index contributed by atoms with van der Waals surface area (Å²) in [4.78, 5) is 21.5. The number of nitrogens with zero attached hydrogens (tertiary/aromatic N) is 4. The van der Waals surface area contributed by atoms with E-state index >= 15 is 4.39 Å². The predicted molar refractivity (Wildman–Crippen MR) is 122 cm³/mol. The molecule has 0 saturated carbocycles. The number of aromatic nitrogens is 3. The molecule has 3 N–H and O–H groups in total. The van der Waals surface area contributed by atoms with E-state index in [1.54, 1.807) is 50.2 Å². The summed E-state index contributed by atoms with van der Waals surface area (Å²) in [6, 6.07) is 13.2. The summed E-state index contributed by atoms with van der Waals surface area (Å²) in [5.74, 6) is -0.313. The van der Waals surface area contributed by atoms with Gasteiger partial charge in [0.05, 0.1) is 28.3 Å². The normalized spacial score (nSPS) is 11.8. The quantitative estimate of drug-likeness (QED) is 0.475. The molecule has 0 spiro atoms. The Balaban J connectivity index is 1.98. The van der Waals surface area contributed by atoms with E-state index in [1.165, 1.54) is 16.8 Å². The maximum absolute atomic E-state index is 15.1. The lowest BCUT2D eigenvalue weighted by Gasteiger charge is -2.22. The van der Waals surface area contributed by atoms with Crippen molar-refractivity contribution in [3.05, 3.63) is 86.7 Å². The number of hydrogen-bond acceptors (Lipinski definition) is 6. The first-order valence-corrected chi connectivity index (χ1v) is 10.1. The second kappa shape index (κ2) is 8.29. The Labute approximate surface area is 187 Å². The number of hydrogen-bond donors (Lipinski definition) is 2. The van der Waals surface area contributed by atoms with E-state index in [4.69, 9.17) is 17.3 Å². The molecule has 1 unspecified atom stereocenters. The van der Waals surface area contributed by atoms with E-state index < -0.39 is 17.4 Å². The van der Waals surface area contributed by atoms with Crippen LogP contribution in [0.5, 0.6) is 0 Å². The van der Waals surface area contributed by atoms with Gasteiger partial charge in [-0.15, -0.1) is 0 Å². The molecule has 0 aliphatic carbocycles. The number of benzene rings is 2. The van der Waals surface area contributed by atoms with E-state index in [0.29, 0.717) is 16.6 Å². The minimum Gasteiger partial charge on any atom is -0.368 e. The Kier molecular flexibility index (Phi) is 5.51. The topological polar surface area (TPSA) is 110 Å². The zero-order valence-corrected chi connectivity index (χ0v) is 18.0. The van der Waals surface area contributed by atoms with Gasteiger partial charge in [-0.2, -0.15) is 10.2 Å². The van der Waals surface area contributed by atoms with E-state index in [1.807, 2.05) is 6.07 Å². The Hall–Kier alpha value is -3.96. The molecule has 0 bridgehead atoms. The molecule has 7 nitrogen and oxygen atoms in total. The minimum absolute atomic E-state index is 0.00823. The summed E-state index contributed by atoms with van der Waals surface area (Å²) < 4.78 is 16.4. The molecule has 2 aromatic carbocycles. The van der Waals surface area contributed by atoms with Crippen LogP contribution in [0.2, 0.25) is 5.02 Å². The molecule has 4 rings (SSSR count). The number of aryl methyl sites for hydroxylation is 1. The lowest BCUT2D eigenvalue weighted by atomic mass is 10.1. The van der Waals surface area contributed by atoms with Gasteiger partial charge in [0.2, 0.25) is 5.95 Å². The Bertz CT molecular complexity index is 1460. The van der Waals surface area contributed by atoms with Crippen LogP contribution in [0.1, 0.15) is 29.8 Å². The van der Waals surface area contributed by atoms with Gasteiger partial charge in [-0.05, 0) is 43.0 Å². The first kappa shape index (κ1) is 21.3. The molecule has 0 fully saturated rings. The summed E-state index contributed by atoms with van der Waals surface area (Å²) in [5, 5.41) is 13.6. The van der Waals surface area contributed by atoms with Gasteiger partial charge in [0.15, 0.2) is 0 Å². The van der Waals surface area contributed by atoms with Gasteiger partial charge in [-0.3, -0.25) is 9.36 Å². The molecule has 160 valence electrons. The molecular formula is C23H18ClFN6O. The fraction of sp³-hybridized carbons (Fsp3) is 0.130. The van der Waals surface area contributed by atoms with Crippen molar-refractivity contribution in [1.82, 2.24) is 14.5 Å². The third kappa shape index (κ3) is 3.63. The molecule has 0 radical (unpaired) electrons. The highest BCUT2D eigenvalue weighted by Crippen LogP contribution is 2.28. The monoisotopic (exact) mass is 448 g/mol.